The maximum absolute atomic E-state index is 5.90. The Balaban J connectivity index is 2.21. The highest BCUT2D eigenvalue weighted by molar-refractivity contribution is 6.64. The number of halogens is 2. The average Bonchev–Trinajstić information content (AvgIpc) is 2.64. The third kappa shape index (κ3) is 2.35. The number of nitrogens with zero attached hydrogens (tertiary/aromatic N) is 3. The molecule has 0 spiro atoms. The second kappa shape index (κ2) is 4.56. The second-order valence-electron chi connectivity index (χ2n) is 2.79. The van der Waals surface area contributed by atoms with E-state index in [2.05, 4.69) is 15.6 Å². The van der Waals surface area contributed by atoms with Crippen molar-refractivity contribution in [2.45, 2.75) is 0 Å². The molecule has 1 aliphatic rings. The molecule has 0 aliphatic carbocycles. The van der Waals surface area contributed by atoms with Crippen LogP contribution in [0.25, 0.3) is 0 Å². The van der Waals surface area contributed by atoms with E-state index in [0.29, 0.717) is 11.0 Å². The molecule has 0 radical (unpaired) electrons. The van der Waals surface area contributed by atoms with Crippen LogP contribution in [0.2, 0.25) is 5.15 Å². The van der Waals surface area contributed by atoms with Gasteiger partial charge in [-0.05, 0) is 23.7 Å². The first-order valence-corrected chi connectivity index (χ1v) is 4.96. The van der Waals surface area contributed by atoms with Crippen molar-refractivity contribution in [1.82, 2.24) is 15.6 Å². The lowest BCUT2D eigenvalue weighted by atomic mass is 10.5. The van der Waals surface area contributed by atoms with Crippen molar-refractivity contribution in [3.63, 3.8) is 0 Å². The maximum Gasteiger partial charge on any atom is 0.223 e. The minimum absolute atomic E-state index is 0.0704. The first kappa shape index (κ1) is 11.0. The lowest BCUT2D eigenvalue weighted by Gasteiger charge is -2.13. The van der Waals surface area contributed by atoms with Gasteiger partial charge in [-0.2, -0.15) is 10.0 Å². The van der Waals surface area contributed by atoms with Crippen molar-refractivity contribution < 1.29 is 4.84 Å². The summed E-state index contributed by atoms with van der Waals surface area (Å²) in [7, 11) is 0. The molecule has 2 heterocycles. The summed E-state index contributed by atoms with van der Waals surface area (Å²) >= 11 is 11.6. The molecule has 3 N–H and O–H groups in total. The standard InChI is InChI=1S/C8H7Cl2N5O/c9-5-2-1-3-7(12-5)13-8(10)15-6(11)4-16-14-15/h1-4,14H,11H2. The Morgan fingerprint density at radius 2 is 2.38 bits per heavy atom. The molecule has 84 valence electrons. The molecule has 0 unspecified atom stereocenters. The first-order valence-electron chi connectivity index (χ1n) is 4.20. The summed E-state index contributed by atoms with van der Waals surface area (Å²) in [4.78, 5) is 12.7. The fraction of sp³-hybridized carbons (Fsp3) is 0. The molecular weight excluding hydrogens is 253 g/mol. The van der Waals surface area contributed by atoms with E-state index in [9.17, 15) is 0 Å². The largest absolute Gasteiger partial charge is 0.392 e. The van der Waals surface area contributed by atoms with E-state index in [-0.39, 0.29) is 11.1 Å². The molecular formula is C8H7Cl2N5O. The van der Waals surface area contributed by atoms with E-state index in [4.69, 9.17) is 33.8 Å². The lowest BCUT2D eigenvalue weighted by Crippen LogP contribution is -2.36. The fourth-order valence-corrected chi connectivity index (χ4v) is 1.37. The summed E-state index contributed by atoms with van der Waals surface area (Å²) in [5, 5.41) is 1.66. The number of hydrazine groups is 1. The van der Waals surface area contributed by atoms with Crippen LogP contribution < -0.4 is 11.3 Å². The molecule has 0 atom stereocenters. The minimum atomic E-state index is 0.0704. The summed E-state index contributed by atoms with van der Waals surface area (Å²) in [6.07, 6.45) is 1.29. The quantitative estimate of drug-likeness (QED) is 0.346. The molecule has 0 saturated heterocycles. The average molecular weight is 260 g/mol. The van der Waals surface area contributed by atoms with Crippen molar-refractivity contribution in [3.8, 4) is 0 Å². The number of aromatic nitrogens is 1. The smallest absolute Gasteiger partial charge is 0.223 e. The summed E-state index contributed by atoms with van der Waals surface area (Å²) in [5.41, 5.74) is 7.98. The van der Waals surface area contributed by atoms with Gasteiger partial charge in [0.1, 0.15) is 5.15 Å². The van der Waals surface area contributed by atoms with Gasteiger partial charge in [-0.3, -0.25) is 0 Å². The minimum Gasteiger partial charge on any atom is -0.392 e. The molecule has 0 bridgehead atoms. The third-order valence-electron chi connectivity index (χ3n) is 1.67. The Morgan fingerprint density at radius 3 is 3.00 bits per heavy atom. The summed E-state index contributed by atoms with van der Waals surface area (Å²) in [6, 6.07) is 5.01. The number of nitrogens with one attached hydrogen (secondary N) is 1. The first-order chi connectivity index (χ1) is 7.66. The number of aliphatic imine (C=N–C) groups is 1. The van der Waals surface area contributed by atoms with E-state index in [0.717, 1.165) is 0 Å². The molecule has 1 aromatic heterocycles. The van der Waals surface area contributed by atoms with Gasteiger partial charge in [0.25, 0.3) is 0 Å². The van der Waals surface area contributed by atoms with Crippen molar-refractivity contribution >= 4 is 34.3 Å². The highest BCUT2D eigenvalue weighted by Gasteiger charge is 2.17. The molecule has 6 nitrogen and oxygen atoms in total. The third-order valence-corrected chi connectivity index (χ3v) is 2.14. The topological polar surface area (TPSA) is 75.8 Å². The number of nitrogens with two attached hydrogens (primary N) is 1. The van der Waals surface area contributed by atoms with Gasteiger partial charge in [0.05, 0.1) is 0 Å². The predicted molar refractivity (Wildman–Crippen MR) is 60.5 cm³/mol. The van der Waals surface area contributed by atoms with Gasteiger partial charge in [-0.15, -0.1) is 0 Å². The van der Waals surface area contributed by atoms with Gasteiger partial charge in [0.2, 0.25) is 5.29 Å². The van der Waals surface area contributed by atoms with Crippen molar-refractivity contribution in [2.24, 2.45) is 10.7 Å². The molecule has 0 amide bonds. The Kier molecular flexibility index (Phi) is 3.14. The Morgan fingerprint density at radius 1 is 1.56 bits per heavy atom. The SMILES string of the molecule is NC1=CONN1C(Cl)=Nc1cccc(Cl)n1. The maximum atomic E-state index is 5.90. The number of hydrogen-bond donors (Lipinski definition) is 2. The Hall–Kier alpha value is -1.50. The van der Waals surface area contributed by atoms with Gasteiger partial charge in [0, 0.05) is 0 Å². The van der Waals surface area contributed by atoms with Crippen LogP contribution in [0.3, 0.4) is 0 Å². The molecule has 2 rings (SSSR count). The van der Waals surface area contributed by atoms with Crippen LogP contribution in [-0.2, 0) is 4.84 Å². The highest BCUT2D eigenvalue weighted by Crippen LogP contribution is 2.15. The van der Waals surface area contributed by atoms with Crippen LogP contribution in [0, 0.1) is 0 Å². The van der Waals surface area contributed by atoms with Crippen molar-refractivity contribution in [1.29, 1.82) is 0 Å². The highest BCUT2D eigenvalue weighted by atomic mass is 35.5. The van der Waals surface area contributed by atoms with E-state index in [1.807, 2.05) is 0 Å². The van der Waals surface area contributed by atoms with Crippen LogP contribution >= 0.6 is 23.2 Å². The molecule has 8 heteroatoms. The van der Waals surface area contributed by atoms with E-state index < -0.39 is 0 Å². The van der Waals surface area contributed by atoms with Crippen LogP contribution in [0.15, 0.2) is 35.3 Å². The zero-order chi connectivity index (χ0) is 11.5. The molecule has 16 heavy (non-hydrogen) atoms. The van der Waals surface area contributed by atoms with Gasteiger partial charge in [-0.1, -0.05) is 23.3 Å². The predicted octanol–water partition coefficient (Wildman–Crippen LogP) is 1.47. The molecule has 1 aromatic rings. The molecule has 0 fully saturated rings. The second-order valence-corrected chi connectivity index (χ2v) is 3.51. The zero-order valence-corrected chi connectivity index (χ0v) is 9.40. The zero-order valence-electron chi connectivity index (χ0n) is 7.89. The summed E-state index contributed by atoms with van der Waals surface area (Å²) in [6.45, 7) is 0. The van der Waals surface area contributed by atoms with Gasteiger partial charge in [0.15, 0.2) is 17.9 Å². The summed E-state index contributed by atoms with van der Waals surface area (Å²) < 4.78 is 0. The van der Waals surface area contributed by atoms with Crippen LogP contribution in [0.1, 0.15) is 0 Å². The van der Waals surface area contributed by atoms with Gasteiger partial charge in [-0.25, -0.2) is 4.98 Å². The lowest BCUT2D eigenvalue weighted by molar-refractivity contribution is 0.0750. The van der Waals surface area contributed by atoms with Crippen LogP contribution in [-0.4, -0.2) is 15.3 Å². The number of amidine groups is 1. The number of pyridine rings is 1. The van der Waals surface area contributed by atoms with Gasteiger partial charge < -0.3 is 10.6 Å². The van der Waals surface area contributed by atoms with Gasteiger partial charge >= 0.3 is 0 Å². The Labute approximate surface area is 101 Å². The van der Waals surface area contributed by atoms with Crippen LogP contribution in [0.5, 0.6) is 0 Å². The van der Waals surface area contributed by atoms with Crippen molar-refractivity contribution in [3.05, 3.63) is 35.4 Å². The Bertz CT molecular complexity index is 461. The van der Waals surface area contributed by atoms with E-state index >= 15 is 0 Å². The molecule has 0 aromatic carbocycles. The number of rotatable bonds is 1. The van der Waals surface area contributed by atoms with E-state index in [1.54, 1.807) is 18.2 Å². The van der Waals surface area contributed by atoms with Crippen LogP contribution in [0.4, 0.5) is 5.82 Å². The normalized spacial score (nSPS) is 16.0. The molecule has 0 saturated carbocycles. The fourth-order valence-electron chi connectivity index (χ4n) is 0.993. The number of hydrogen-bond acceptors (Lipinski definition) is 5. The van der Waals surface area contributed by atoms with E-state index in [1.165, 1.54) is 11.3 Å². The monoisotopic (exact) mass is 259 g/mol. The molecule has 1 aliphatic heterocycles. The van der Waals surface area contributed by atoms with Crippen molar-refractivity contribution in [2.75, 3.05) is 0 Å². The summed E-state index contributed by atoms with van der Waals surface area (Å²) in [5.74, 6) is 0.662.